The van der Waals surface area contributed by atoms with Gasteiger partial charge in [-0.25, -0.2) is 0 Å². The molecule has 1 saturated heterocycles. The Kier molecular flexibility index (Phi) is 5.61. The van der Waals surface area contributed by atoms with Crippen LogP contribution in [0, 0.1) is 0 Å². The topological polar surface area (TPSA) is 15.7 Å². The summed E-state index contributed by atoms with van der Waals surface area (Å²) < 4.78 is 6.26. The summed E-state index contributed by atoms with van der Waals surface area (Å²) >= 11 is 7.38. The van der Waals surface area contributed by atoms with Crippen molar-refractivity contribution in [3.63, 3.8) is 0 Å². The minimum Gasteiger partial charge on any atom is -0.497 e. The second kappa shape index (κ2) is 7.66. The van der Waals surface area contributed by atoms with E-state index in [4.69, 9.17) is 17.0 Å². The summed E-state index contributed by atoms with van der Waals surface area (Å²) in [6.07, 6.45) is 6.88. The Hall–Kier alpha value is -0.780. The second-order valence-electron chi connectivity index (χ2n) is 6.11. The van der Waals surface area contributed by atoms with Crippen molar-refractivity contribution in [3.8, 4) is 5.75 Å². The van der Waals surface area contributed by atoms with Gasteiger partial charge < -0.3 is 9.64 Å². The van der Waals surface area contributed by atoms with Gasteiger partial charge in [-0.05, 0) is 30.5 Å². The van der Waals surface area contributed by atoms with Crippen molar-refractivity contribution in [3.05, 3.63) is 29.8 Å². The van der Waals surface area contributed by atoms with E-state index in [1.54, 1.807) is 7.11 Å². The van der Waals surface area contributed by atoms with Crippen LogP contribution in [0.5, 0.6) is 5.75 Å². The lowest BCUT2D eigenvalue weighted by molar-refractivity contribution is 0.125. The molecule has 0 atom stereocenters. The molecular formula is C17H24N2OS2. The number of nitrogens with zero attached hydrogens (tertiary/aromatic N) is 2. The first-order valence-corrected chi connectivity index (χ1v) is 9.44. The molecule has 0 aromatic heterocycles. The van der Waals surface area contributed by atoms with E-state index in [1.165, 1.54) is 37.7 Å². The number of thioether (sulfide) groups is 1. The SMILES string of the molecule is COc1ccc(CN2CN(C3CCCCC3)CSC2=S)cc1. The van der Waals surface area contributed by atoms with Gasteiger partial charge in [0, 0.05) is 12.6 Å². The van der Waals surface area contributed by atoms with Crippen LogP contribution in [0.25, 0.3) is 0 Å². The fraction of sp³-hybridized carbons (Fsp3) is 0.588. The summed E-state index contributed by atoms with van der Waals surface area (Å²) in [7, 11) is 1.70. The first-order chi connectivity index (χ1) is 10.8. The summed E-state index contributed by atoms with van der Waals surface area (Å²) in [5, 5.41) is 0. The third-order valence-electron chi connectivity index (χ3n) is 4.59. The van der Waals surface area contributed by atoms with Crippen LogP contribution in [0.4, 0.5) is 0 Å². The van der Waals surface area contributed by atoms with E-state index in [1.807, 2.05) is 23.9 Å². The molecule has 0 N–H and O–H groups in total. The molecule has 2 fully saturated rings. The summed E-state index contributed by atoms with van der Waals surface area (Å²) in [4.78, 5) is 4.95. The molecule has 1 aliphatic heterocycles. The molecule has 1 aromatic rings. The highest BCUT2D eigenvalue weighted by Crippen LogP contribution is 2.29. The second-order valence-corrected chi connectivity index (χ2v) is 7.69. The molecule has 1 aliphatic carbocycles. The zero-order valence-corrected chi connectivity index (χ0v) is 14.8. The van der Waals surface area contributed by atoms with Crippen LogP contribution < -0.4 is 4.74 Å². The van der Waals surface area contributed by atoms with Gasteiger partial charge in [0.15, 0.2) is 0 Å². The largest absolute Gasteiger partial charge is 0.497 e. The van der Waals surface area contributed by atoms with E-state index < -0.39 is 0 Å². The van der Waals surface area contributed by atoms with Gasteiger partial charge in [-0.1, -0.05) is 55.4 Å². The normalized spacial score (nSPS) is 21.1. The molecule has 3 nitrogen and oxygen atoms in total. The Morgan fingerprint density at radius 2 is 1.91 bits per heavy atom. The molecular weight excluding hydrogens is 312 g/mol. The van der Waals surface area contributed by atoms with E-state index in [9.17, 15) is 0 Å². The summed E-state index contributed by atoms with van der Waals surface area (Å²) in [5.74, 6) is 1.96. The maximum Gasteiger partial charge on any atom is 0.138 e. The van der Waals surface area contributed by atoms with Crippen LogP contribution in [-0.4, -0.2) is 39.8 Å². The highest BCUT2D eigenvalue weighted by molar-refractivity contribution is 8.22. The zero-order valence-electron chi connectivity index (χ0n) is 13.2. The molecule has 0 spiro atoms. The Labute approximate surface area is 143 Å². The van der Waals surface area contributed by atoms with Gasteiger partial charge in [-0.2, -0.15) is 0 Å². The number of hydrogen-bond donors (Lipinski definition) is 0. The van der Waals surface area contributed by atoms with Gasteiger partial charge in [0.1, 0.15) is 10.1 Å². The predicted octanol–water partition coefficient (Wildman–Crippen LogP) is 4.08. The molecule has 0 bridgehead atoms. The number of ether oxygens (including phenoxy) is 1. The lowest BCUT2D eigenvalue weighted by atomic mass is 9.95. The van der Waals surface area contributed by atoms with Crippen molar-refractivity contribution in [2.75, 3.05) is 19.7 Å². The van der Waals surface area contributed by atoms with E-state index in [2.05, 4.69) is 21.9 Å². The Morgan fingerprint density at radius 1 is 1.18 bits per heavy atom. The lowest BCUT2D eigenvalue weighted by Crippen LogP contribution is -2.49. The maximum absolute atomic E-state index is 5.57. The van der Waals surface area contributed by atoms with Crippen molar-refractivity contribution in [1.29, 1.82) is 0 Å². The number of rotatable bonds is 4. The van der Waals surface area contributed by atoms with Crippen LogP contribution in [0.2, 0.25) is 0 Å². The highest BCUT2D eigenvalue weighted by Gasteiger charge is 2.28. The van der Waals surface area contributed by atoms with Gasteiger partial charge in [0.2, 0.25) is 0 Å². The molecule has 1 heterocycles. The maximum atomic E-state index is 5.57. The molecule has 3 rings (SSSR count). The van der Waals surface area contributed by atoms with E-state index >= 15 is 0 Å². The zero-order chi connectivity index (χ0) is 15.4. The van der Waals surface area contributed by atoms with E-state index in [-0.39, 0.29) is 0 Å². The van der Waals surface area contributed by atoms with E-state index in [0.29, 0.717) is 0 Å². The molecule has 1 aromatic carbocycles. The van der Waals surface area contributed by atoms with Crippen molar-refractivity contribution >= 4 is 28.3 Å². The number of thiocarbonyl (C=S) groups is 1. The quantitative estimate of drug-likeness (QED) is 0.768. The number of methoxy groups -OCH3 is 1. The van der Waals surface area contributed by atoms with Crippen LogP contribution in [0.15, 0.2) is 24.3 Å². The number of hydrogen-bond acceptors (Lipinski definition) is 4. The number of benzene rings is 1. The Balaban J connectivity index is 1.61. The minimum absolute atomic E-state index is 0.753. The summed E-state index contributed by atoms with van der Waals surface area (Å²) in [6, 6.07) is 9.06. The first kappa shape index (κ1) is 16.1. The van der Waals surface area contributed by atoms with Crippen LogP contribution >= 0.6 is 24.0 Å². The van der Waals surface area contributed by atoms with E-state index in [0.717, 1.165) is 35.2 Å². The van der Waals surface area contributed by atoms with Crippen molar-refractivity contribution in [1.82, 2.24) is 9.80 Å². The summed E-state index contributed by atoms with van der Waals surface area (Å²) in [5.41, 5.74) is 1.29. The molecule has 1 saturated carbocycles. The van der Waals surface area contributed by atoms with Gasteiger partial charge in [0.05, 0.1) is 19.7 Å². The average Bonchev–Trinajstić information content (AvgIpc) is 2.58. The van der Waals surface area contributed by atoms with Gasteiger partial charge >= 0.3 is 0 Å². The average molecular weight is 337 g/mol. The molecule has 0 amide bonds. The molecule has 120 valence electrons. The third-order valence-corrected chi connectivity index (χ3v) is 6.17. The van der Waals surface area contributed by atoms with Crippen molar-refractivity contribution in [2.45, 2.75) is 44.7 Å². The van der Waals surface area contributed by atoms with Crippen LogP contribution in [0.3, 0.4) is 0 Å². The third kappa shape index (κ3) is 3.94. The molecule has 2 aliphatic rings. The lowest BCUT2D eigenvalue weighted by Gasteiger charge is -2.42. The Morgan fingerprint density at radius 3 is 2.59 bits per heavy atom. The van der Waals surface area contributed by atoms with Gasteiger partial charge in [-0.15, -0.1) is 0 Å². The van der Waals surface area contributed by atoms with Crippen molar-refractivity contribution in [2.24, 2.45) is 0 Å². The fourth-order valence-corrected chi connectivity index (χ4v) is 4.43. The molecule has 22 heavy (non-hydrogen) atoms. The Bertz CT molecular complexity index is 500. The highest BCUT2D eigenvalue weighted by atomic mass is 32.2. The monoisotopic (exact) mass is 336 g/mol. The predicted molar refractivity (Wildman–Crippen MR) is 97.2 cm³/mol. The van der Waals surface area contributed by atoms with Crippen molar-refractivity contribution < 1.29 is 4.74 Å². The van der Waals surface area contributed by atoms with Crippen LogP contribution in [0.1, 0.15) is 37.7 Å². The van der Waals surface area contributed by atoms with Crippen LogP contribution in [-0.2, 0) is 6.54 Å². The standard InChI is InChI=1S/C17H24N2OS2/c1-20-16-9-7-14(8-10-16)11-18-12-19(13-22-17(18)21)15-5-3-2-4-6-15/h7-10,15H,2-6,11-13H2,1H3. The fourth-order valence-electron chi connectivity index (χ4n) is 3.28. The minimum atomic E-state index is 0.753. The smallest absolute Gasteiger partial charge is 0.138 e. The molecule has 5 heteroatoms. The van der Waals surface area contributed by atoms with Gasteiger partial charge in [0.25, 0.3) is 0 Å². The molecule has 0 unspecified atom stereocenters. The summed E-state index contributed by atoms with van der Waals surface area (Å²) in [6.45, 7) is 1.86. The first-order valence-electron chi connectivity index (χ1n) is 8.05. The molecule has 0 radical (unpaired) electrons. The van der Waals surface area contributed by atoms with Gasteiger partial charge in [-0.3, -0.25) is 4.90 Å².